The minimum atomic E-state index is -4.66. The smallest absolute Gasteiger partial charge is 0.350 e. The molecule has 1 N–H and O–H groups in total. The number of sulfonamides is 1. The van der Waals surface area contributed by atoms with Crippen LogP contribution in [-0.2, 0) is 38.8 Å². The average molecular weight is 652 g/mol. The lowest BCUT2D eigenvalue weighted by Crippen LogP contribution is -2.54. The van der Waals surface area contributed by atoms with Gasteiger partial charge in [-0.1, -0.05) is 60.1 Å². The van der Waals surface area contributed by atoms with Crippen molar-refractivity contribution < 1.29 is 31.2 Å². The van der Waals surface area contributed by atoms with Gasteiger partial charge in [0.15, 0.2) is 0 Å². The summed E-state index contributed by atoms with van der Waals surface area (Å²) in [6, 6.07) is 19.3. The molecule has 0 spiro atoms. The predicted molar refractivity (Wildman–Crippen MR) is 167 cm³/mol. The predicted octanol–water partition coefficient (Wildman–Crippen LogP) is 6.46. The fourth-order valence-corrected chi connectivity index (χ4v) is 5.85. The van der Waals surface area contributed by atoms with Crippen molar-refractivity contribution in [3.8, 4) is 0 Å². The number of alkyl halides is 3. The topological polar surface area (TPSA) is 86.8 Å². The van der Waals surface area contributed by atoms with Gasteiger partial charge in [0, 0.05) is 36.5 Å². The van der Waals surface area contributed by atoms with Crippen LogP contribution in [0.25, 0.3) is 0 Å². The molecule has 1 atom stereocenters. The standard InChI is InChI=1S/C32H37ClF3N3O4S/c1-31(2,3)37-30(41)28(20-23-11-6-5-7-12-23)38(22-24-13-8-15-26(33)19-24)29(40)17-10-18-39(44(4,42)43)27-16-9-14-25(21-27)32(34,35)36/h5-9,11-16,19,21,28H,10,17-18,20,22H2,1-4H3,(H,37,41)/t28-/m1/s1. The van der Waals surface area contributed by atoms with E-state index in [0.29, 0.717) is 10.6 Å². The Morgan fingerprint density at radius 2 is 1.55 bits per heavy atom. The monoisotopic (exact) mass is 651 g/mol. The number of rotatable bonds is 12. The normalized spacial score (nSPS) is 12.8. The summed E-state index contributed by atoms with van der Waals surface area (Å²) in [7, 11) is -3.98. The van der Waals surface area contributed by atoms with Gasteiger partial charge in [-0.15, -0.1) is 0 Å². The van der Waals surface area contributed by atoms with Gasteiger partial charge in [0.2, 0.25) is 21.8 Å². The third kappa shape index (κ3) is 10.6. The molecule has 0 saturated heterocycles. The largest absolute Gasteiger partial charge is 0.416 e. The van der Waals surface area contributed by atoms with Gasteiger partial charge < -0.3 is 10.2 Å². The Morgan fingerprint density at radius 1 is 0.909 bits per heavy atom. The van der Waals surface area contributed by atoms with Crippen LogP contribution in [0.4, 0.5) is 18.9 Å². The third-order valence-corrected chi connectivity index (χ3v) is 8.05. The Bertz CT molecular complexity index is 1540. The van der Waals surface area contributed by atoms with Crippen molar-refractivity contribution in [2.24, 2.45) is 0 Å². The van der Waals surface area contributed by atoms with Crippen LogP contribution in [0.2, 0.25) is 5.02 Å². The van der Waals surface area contributed by atoms with Crippen LogP contribution in [0, 0.1) is 0 Å². The average Bonchev–Trinajstić information content (AvgIpc) is 2.91. The highest BCUT2D eigenvalue weighted by atomic mass is 35.5. The second kappa shape index (κ2) is 14.5. The molecule has 0 bridgehead atoms. The van der Waals surface area contributed by atoms with E-state index in [2.05, 4.69) is 5.32 Å². The van der Waals surface area contributed by atoms with E-state index in [0.717, 1.165) is 34.3 Å². The minimum Gasteiger partial charge on any atom is -0.350 e. The van der Waals surface area contributed by atoms with Crippen LogP contribution in [0.5, 0.6) is 0 Å². The first-order chi connectivity index (χ1) is 20.4. The Kier molecular flexibility index (Phi) is 11.5. The lowest BCUT2D eigenvalue weighted by atomic mass is 10.00. The van der Waals surface area contributed by atoms with E-state index in [4.69, 9.17) is 11.6 Å². The highest BCUT2D eigenvalue weighted by molar-refractivity contribution is 7.92. The highest BCUT2D eigenvalue weighted by Gasteiger charge is 2.33. The zero-order valence-electron chi connectivity index (χ0n) is 25.1. The summed E-state index contributed by atoms with van der Waals surface area (Å²) < 4.78 is 66.0. The minimum absolute atomic E-state index is 0.00680. The van der Waals surface area contributed by atoms with Gasteiger partial charge in [-0.2, -0.15) is 13.2 Å². The molecule has 7 nitrogen and oxygen atoms in total. The fraction of sp³-hybridized carbons (Fsp3) is 0.375. The first kappa shape index (κ1) is 34.9. The van der Waals surface area contributed by atoms with E-state index < -0.39 is 39.3 Å². The molecule has 12 heteroatoms. The van der Waals surface area contributed by atoms with Crippen molar-refractivity contribution >= 4 is 39.1 Å². The molecule has 0 unspecified atom stereocenters. The number of nitrogens with one attached hydrogen (secondary N) is 1. The van der Waals surface area contributed by atoms with Crippen LogP contribution in [0.1, 0.15) is 50.3 Å². The zero-order valence-corrected chi connectivity index (χ0v) is 26.6. The van der Waals surface area contributed by atoms with Crippen molar-refractivity contribution in [3.05, 3.63) is 101 Å². The van der Waals surface area contributed by atoms with E-state index >= 15 is 0 Å². The van der Waals surface area contributed by atoms with E-state index in [1.807, 2.05) is 51.1 Å². The SMILES string of the molecule is CC(C)(C)NC(=O)[C@@H](Cc1ccccc1)N(Cc1cccc(Cl)c1)C(=O)CCCN(c1cccc(C(F)(F)F)c1)S(C)(=O)=O. The van der Waals surface area contributed by atoms with Gasteiger partial charge in [0.05, 0.1) is 17.5 Å². The van der Waals surface area contributed by atoms with Crippen molar-refractivity contribution in [2.75, 3.05) is 17.1 Å². The molecule has 0 heterocycles. The lowest BCUT2D eigenvalue weighted by molar-refractivity contribution is -0.142. The lowest BCUT2D eigenvalue weighted by Gasteiger charge is -2.34. The molecule has 0 radical (unpaired) electrons. The molecule has 0 aliphatic carbocycles. The van der Waals surface area contributed by atoms with E-state index in [1.165, 1.54) is 11.0 Å². The van der Waals surface area contributed by atoms with Crippen molar-refractivity contribution in [2.45, 2.75) is 64.3 Å². The molecule has 0 fully saturated rings. The number of benzene rings is 3. The maximum atomic E-state index is 13.9. The Labute approximate surface area is 262 Å². The fourth-order valence-electron chi connectivity index (χ4n) is 4.68. The van der Waals surface area contributed by atoms with Gasteiger partial charge in [0.25, 0.3) is 0 Å². The van der Waals surface area contributed by atoms with Gasteiger partial charge in [-0.25, -0.2) is 8.42 Å². The molecule has 238 valence electrons. The number of nitrogens with zero attached hydrogens (tertiary/aromatic N) is 2. The second-order valence-corrected chi connectivity index (χ2v) is 13.9. The maximum absolute atomic E-state index is 13.9. The molecule has 0 saturated carbocycles. The van der Waals surface area contributed by atoms with E-state index in [-0.39, 0.29) is 43.9 Å². The van der Waals surface area contributed by atoms with Gasteiger partial charge >= 0.3 is 6.18 Å². The molecule has 0 aliphatic rings. The van der Waals surface area contributed by atoms with Gasteiger partial charge in [-0.3, -0.25) is 13.9 Å². The number of hydrogen-bond donors (Lipinski definition) is 1. The van der Waals surface area contributed by atoms with Crippen molar-refractivity contribution in [3.63, 3.8) is 0 Å². The van der Waals surface area contributed by atoms with Crippen LogP contribution in [0.3, 0.4) is 0 Å². The molecule has 3 rings (SSSR count). The summed E-state index contributed by atoms with van der Waals surface area (Å²) in [5, 5.41) is 3.42. The number of hydrogen-bond acceptors (Lipinski definition) is 4. The summed E-state index contributed by atoms with van der Waals surface area (Å²) in [5.74, 6) is -0.786. The van der Waals surface area contributed by atoms with Crippen LogP contribution >= 0.6 is 11.6 Å². The van der Waals surface area contributed by atoms with Gasteiger partial charge in [0.1, 0.15) is 6.04 Å². The first-order valence-electron chi connectivity index (χ1n) is 14.0. The number of amides is 2. The van der Waals surface area contributed by atoms with Crippen molar-refractivity contribution in [1.82, 2.24) is 10.2 Å². The summed E-state index contributed by atoms with van der Waals surface area (Å²) in [6.45, 7) is 5.32. The number of halogens is 4. The van der Waals surface area contributed by atoms with Crippen molar-refractivity contribution in [1.29, 1.82) is 0 Å². The quantitative estimate of drug-likeness (QED) is 0.244. The van der Waals surface area contributed by atoms with Gasteiger partial charge in [-0.05, 0) is 68.7 Å². The molecular formula is C32H37ClF3N3O4S. The molecule has 3 aromatic carbocycles. The first-order valence-corrected chi connectivity index (χ1v) is 16.2. The Balaban J connectivity index is 1.92. The Morgan fingerprint density at radius 3 is 2.14 bits per heavy atom. The summed E-state index contributed by atoms with van der Waals surface area (Å²) in [4.78, 5) is 29.0. The molecule has 0 aliphatic heterocycles. The zero-order chi connectivity index (χ0) is 32.7. The number of carbonyl (C=O) groups excluding carboxylic acids is 2. The highest BCUT2D eigenvalue weighted by Crippen LogP contribution is 2.32. The van der Waals surface area contributed by atoms with Crippen LogP contribution in [-0.4, -0.2) is 49.5 Å². The molecule has 44 heavy (non-hydrogen) atoms. The summed E-state index contributed by atoms with van der Waals surface area (Å²) >= 11 is 6.21. The summed E-state index contributed by atoms with van der Waals surface area (Å²) in [6.07, 6.45) is -3.72. The number of carbonyl (C=O) groups is 2. The molecule has 0 aromatic heterocycles. The maximum Gasteiger partial charge on any atom is 0.416 e. The van der Waals surface area contributed by atoms with E-state index in [1.54, 1.807) is 24.3 Å². The second-order valence-electron chi connectivity index (χ2n) is 11.6. The third-order valence-electron chi connectivity index (χ3n) is 6.62. The van der Waals surface area contributed by atoms with E-state index in [9.17, 15) is 31.2 Å². The molecular weight excluding hydrogens is 615 g/mol. The number of anilines is 1. The molecule has 2 amide bonds. The Hall–Kier alpha value is -3.57. The van der Waals surface area contributed by atoms with Crippen LogP contribution < -0.4 is 9.62 Å². The van der Waals surface area contributed by atoms with Crippen LogP contribution in [0.15, 0.2) is 78.9 Å². The summed E-state index contributed by atoms with van der Waals surface area (Å²) in [5.41, 5.74) is -0.205. The molecule has 3 aromatic rings.